The number of aromatic nitrogens is 2. The minimum Gasteiger partial charge on any atom is -0.487 e. The maximum Gasteiger partial charge on any atom is 0.140 e. The van der Waals surface area contributed by atoms with Crippen LogP contribution in [0.3, 0.4) is 0 Å². The Hall–Kier alpha value is -2.48. The fraction of sp³-hybridized carbons (Fsp3) is 0.409. The van der Waals surface area contributed by atoms with Gasteiger partial charge in [-0.1, -0.05) is 0 Å². The first kappa shape index (κ1) is 18.5. The highest BCUT2D eigenvalue weighted by Crippen LogP contribution is 2.37. The van der Waals surface area contributed by atoms with Crippen LogP contribution in [-0.2, 0) is 13.0 Å². The molecule has 0 spiro atoms. The van der Waals surface area contributed by atoms with Crippen molar-refractivity contribution >= 4 is 11.0 Å². The van der Waals surface area contributed by atoms with E-state index in [9.17, 15) is 14.6 Å². The van der Waals surface area contributed by atoms with Gasteiger partial charge in [-0.25, -0.2) is 9.37 Å². The van der Waals surface area contributed by atoms with Crippen molar-refractivity contribution < 1.29 is 19.3 Å². The number of benzene rings is 1. The van der Waals surface area contributed by atoms with E-state index in [1.54, 1.807) is 12.3 Å². The first-order valence-corrected chi connectivity index (χ1v) is 10.0. The van der Waals surface area contributed by atoms with E-state index in [4.69, 9.17) is 4.74 Å². The lowest BCUT2D eigenvalue weighted by molar-refractivity contribution is -0.0166. The smallest absolute Gasteiger partial charge is 0.140 e. The molecule has 4 atom stereocenters. The van der Waals surface area contributed by atoms with Crippen molar-refractivity contribution in [2.24, 2.45) is 0 Å². The SMILES string of the molecule is Cc1ccnc2c1ccn2C1CC(Oc2ccc(F)c3c2CNCC3)[C@@H](O)[C@H]1O. The van der Waals surface area contributed by atoms with E-state index in [-0.39, 0.29) is 11.9 Å². The van der Waals surface area contributed by atoms with Crippen LogP contribution in [0.4, 0.5) is 4.39 Å². The summed E-state index contributed by atoms with van der Waals surface area (Å²) in [6, 6.07) is 6.61. The van der Waals surface area contributed by atoms with Gasteiger partial charge in [-0.15, -0.1) is 0 Å². The van der Waals surface area contributed by atoms with E-state index in [1.165, 1.54) is 6.07 Å². The highest BCUT2D eigenvalue weighted by Gasteiger charge is 2.44. The van der Waals surface area contributed by atoms with Gasteiger partial charge in [0.25, 0.3) is 0 Å². The maximum atomic E-state index is 14.1. The van der Waals surface area contributed by atoms with Crippen LogP contribution < -0.4 is 10.1 Å². The molecule has 2 unspecified atom stereocenters. The lowest BCUT2D eigenvalue weighted by Crippen LogP contribution is -2.35. The summed E-state index contributed by atoms with van der Waals surface area (Å²) in [6.07, 6.45) is 2.08. The molecule has 0 saturated heterocycles. The molecule has 2 aliphatic rings. The molecule has 3 heterocycles. The summed E-state index contributed by atoms with van der Waals surface area (Å²) < 4.78 is 22.2. The van der Waals surface area contributed by atoms with Gasteiger partial charge in [-0.05, 0) is 55.3 Å². The summed E-state index contributed by atoms with van der Waals surface area (Å²) in [5.41, 5.74) is 3.36. The number of aryl methyl sites for hydroxylation is 1. The van der Waals surface area contributed by atoms with E-state index in [2.05, 4.69) is 10.3 Å². The predicted octanol–water partition coefficient (Wildman–Crippen LogP) is 2.24. The van der Waals surface area contributed by atoms with Gasteiger partial charge in [-0.3, -0.25) is 0 Å². The Morgan fingerprint density at radius 2 is 2.03 bits per heavy atom. The summed E-state index contributed by atoms with van der Waals surface area (Å²) in [5, 5.41) is 25.7. The van der Waals surface area contributed by atoms with Crippen molar-refractivity contribution in [3.05, 3.63) is 59.2 Å². The van der Waals surface area contributed by atoms with Crippen molar-refractivity contribution in [2.45, 2.75) is 50.7 Å². The molecule has 1 aliphatic carbocycles. The number of ether oxygens (including phenoxy) is 1. The Kier molecular flexibility index (Phi) is 4.53. The zero-order chi connectivity index (χ0) is 20.1. The molecule has 7 heteroatoms. The van der Waals surface area contributed by atoms with E-state index in [0.29, 0.717) is 30.7 Å². The van der Waals surface area contributed by atoms with Crippen molar-refractivity contribution in [2.75, 3.05) is 6.54 Å². The molecular weight excluding hydrogens is 373 g/mol. The second kappa shape index (κ2) is 7.09. The highest BCUT2D eigenvalue weighted by atomic mass is 19.1. The molecule has 6 nitrogen and oxygen atoms in total. The molecule has 1 fully saturated rings. The predicted molar refractivity (Wildman–Crippen MR) is 106 cm³/mol. The summed E-state index contributed by atoms with van der Waals surface area (Å²) in [4.78, 5) is 4.46. The standard InChI is InChI=1S/C22H24FN3O3/c1-12-4-8-25-22-13(12)6-9-26(22)17-10-19(21(28)20(17)27)29-18-3-2-16(23)14-5-7-24-11-15(14)18/h2-4,6,8-9,17,19-21,24,27-28H,5,7,10-11H2,1H3/t17?,19?,20-,21+/m0/s1. The van der Waals surface area contributed by atoms with E-state index >= 15 is 0 Å². The number of halogens is 1. The number of aliphatic hydroxyl groups is 2. The Morgan fingerprint density at radius 1 is 1.17 bits per heavy atom. The van der Waals surface area contributed by atoms with Gasteiger partial charge in [0.2, 0.25) is 0 Å². The van der Waals surface area contributed by atoms with Crippen molar-refractivity contribution in [3.63, 3.8) is 0 Å². The minimum absolute atomic E-state index is 0.223. The van der Waals surface area contributed by atoms with Gasteiger partial charge >= 0.3 is 0 Å². The fourth-order valence-electron chi connectivity index (χ4n) is 4.63. The highest BCUT2D eigenvalue weighted by molar-refractivity contribution is 5.79. The summed E-state index contributed by atoms with van der Waals surface area (Å²) in [7, 11) is 0. The van der Waals surface area contributed by atoms with Gasteiger partial charge in [0.05, 0.1) is 6.04 Å². The number of aliphatic hydroxyl groups excluding tert-OH is 2. The molecule has 29 heavy (non-hydrogen) atoms. The van der Waals surface area contributed by atoms with E-state index in [1.807, 2.05) is 29.8 Å². The van der Waals surface area contributed by atoms with Crippen LogP contribution in [0.5, 0.6) is 5.75 Å². The topological polar surface area (TPSA) is 79.5 Å². The van der Waals surface area contributed by atoms with Gasteiger partial charge in [0.15, 0.2) is 0 Å². The number of nitrogens with zero attached hydrogens (tertiary/aromatic N) is 2. The lowest BCUT2D eigenvalue weighted by atomic mass is 9.99. The number of hydrogen-bond donors (Lipinski definition) is 3. The average Bonchev–Trinajstić information content (AvgIpc) is 3.28. The van der Waals surface area contributed by atoms with Gasteiger partial charge in [-0.2, -0.15) is 0 Å². The summed E-state index contributed by atoms with van der Waals surface area (Å²) in [6.45, 7) is 3.28. The van der Waals surface area contributed by atoms with Crippen LogP contribution in [0.2, 0.25) is 0 Å². The first-order chi connectivity index (χ1) is 14.0. The third-order valence-electron chi connectivity index (χ3n) is 6.25. The molecule has 3 aromatic rings. The Bertz CT molecular complexity index is 1070. The van der Waals surface area contributed by atoms with Crippen LogP contribution in [0.1, 0.15) is 29.2 Å². The first-order valence-electron chi connectivity index (χ1n) is 10.0. The number of pyridine rings is 1. The number of nitrogens with one attached hydrogen (secondary N) is 1. The molecule has 1 aliphatic heterocycles. The van der Waals surface area contributed by atoms with Crippen LogP contribution in [0.25, 0.3) is 11.0 Å². The maximum absolute atomic E-state index is 14.1. The zero-order valence-corrected chi connectivity index (χ0v) is 16.2. The monoisotopic (exact) mass is 397 g/mol. The normalized spacial score (nSPS) is 26.6. The van der Waals surface area contributed by atoms with Gasteiger partial charge in [0, 0.05) is 36.3 Å². The lowest BCUT2D eigenvalue weighted by Gasteiger charge is -2.24. The molecule has 0 bridgehead atoms. The van der Waals surface area contributed by atoms with Crippen LogP contribution in [0.15, 0.2) is 36.7 Å². The molecule has 0 radical (unpaired) electrons. The molecule has 0 amide bonds. The average molecular weight is 397 g/mol. The van der Waals surface area contributed by atoms with Crippen molar-refractivity contribution in [1.82, 2.24) is 14.9 Å². The zero-order valence-electron chi connectivity index (χ0n) is 16.2. The molecule has 5 rings (SSSR count). The van der Waals surface area contributed by atoms with Gasteiger partial charge < -0.3 is 24.8 Å². The third kappa shape index (κ3) is 3.01. The van der Waals surface area contributed by atoms with Crippen molar-refractivity contribution in [3.8, 4) is 5.75 Å². The molecule has 1 saturated carbocycles. The van der Waals surface area contributed by atoms with Crippen LogP contribution in [-0.4, -0.2) is 44.6 Å². The second-order valence-electron chi connectivity index (χ2n) is 7.96. The quantitative estimate of drug-likeness (QED) is 0.632. The fourth-order valence-corrected chi connectivity index (χ4v) is 4.63. The number of rotatable bonds is 3. The third-order valence-corrected chi connectivity index (χ3v) is 6.25. The van der Waals surface area contributed by atoms with E-state index < -0.39 is 18.3 Å². The number of fused-ring (bicyclic) bond motifs is 2. The summed E-state index contributed by atoms with van der Waals surface area (Å²) >= 11 is 0. The van der Waals surface area contributed by atoms with E-state index in [0.717, 1.165) is 28.7 Å². The number of hydrogen-bond acceptors (Lipinski definition) is 5. The van der Waals surface area contributed by atoms with Crippen LogP contribution in [0, 0.1) is 12.7 Å². The Balaban J connectivity index is 1.44. The molecule has 152 valence electrons. The second-order valence-corrected chi connectivity index (χ2v) is 7.96. The minimum atomic E-state index is -1.04. The Morgan fingerprint density at radius 3 is 2.90 bits per heavy atom. The summed E-state index contributed by atoms with van der Waals surface area (Å²) in [5.74, 6) is 0.343. The molecular formula is C22H24FN3O3. The molecule has 2 aromatic heterocycles. The van der Waals surface area contributed by atoms with Gasteiger partial charge in [0.1, 0.15) is 35.5 Å². The van der Waals surface area contributed by atoms with Crippen LogP contribution >= 0.6 is 0 Å². The Labute approximate surface area is 167 Å². The van der Waals surface area contributed by atoms with Crippen molar-refractivity contribution in [1.29, 1.82) is 0 Å². The largest absolute Gasteiger partial charge is 0.487 e. The molecule has 3 N–H and O–H groups in total. The molecule has 1 aromatic carbocycles.